The van der Waals surface area contributed by atoms with Crippen molar-refractivity contribution >= 4 is 5.91 Å². The molecule has 0 aromatic carbocycles. The fourth-order valence-electron chi connectivity index (χ4n) is 2.16. The van der Waals surface area contributed by atoms with Crippen molar-refractivity contribution in [1.82, 2.24) is 9.88 Å². The van der Waals surface area contributed by atoms with Crippen molar-refractivity contribution in [2.75, 3.05) is 13.1 Å². The Balaban J connectivity index is 2.10. The molecule has 4 heteroatoms. The first kappa shape index (κ1) is 11.9. The van der Waals surface area contributed by atoms with E-state index in [2.05, 4.69) is 4.98 Å². The summed E-state index contributed by atoms with van der Waals surface area (Å²) < 4.78 is 0. The van der Waals surface area contributed by atoms with Crippen LogP contribution in [0.4, 0.5) is 0 Å². The van der Waals surface area contributed by atoms with Crippen LogP contribution in [0.1, 0.15) is 42.6 Å². The monoisotopic (exact) mass is 234 g/mol. The molecule has 1 aromatic rings. The summed E-state index contributed by atoms with van der Waals surface area (Å²) in [6, 6.07) is 3.13. The highest BCUT2D eigenvalue weighted by molar-refractivity contribution is 5.94. The fraction of sp³-hybridized carbons (Fsp3) is 0.538. The SMILES string of the molecule is O=C(c1ncccc1O)N1CCCCCCC1. The number of carbonyl (C=O) groups is 1. The molecule has 0 unspecified atom stereocenters. The lowest BCUT2D eigenvalue weighted by Crippen LogP contribution is -2.34. The van der Waals surface area contributed by atoms with Crippen LogP contribution >= 0.6 is 0 Å². The third-order valence-electron chi connectivity index (χ3n) is 3.13. The molecular formula is C13H18N2O2. The number of hydrogen-bond donors (Lipinski definition) is 1. The summed E-state index contributed by atoms with van der Waals surface area (Å²) in [5.74, 6) is -0.176. The standard InChI is InChI=1S/C13H18N2O2/c16-11-7-6-8-14-12(11)13(17)15-9-4-2-1-3-5-10-15/h6-8,16H,1-5,9-10H2. The zero-order valence-electron chi connectivity index (χ0n) is 9.93. The van der Waals surface area contributed by atoms with Gasteiger partial charge in [0, 0.05) is 19.3 Å². The minimum atomic E-state index is -0.148. The molecule has 2 rings (SSSR count). The van der Waals surface area contributed by atoms with E-state index in [0.29, 0.717) is 0 Å². The largest absolute Gasteiger partial charge is 0.505 e. The molecule has 92 valence electrons. The van der Waals surface area contributed by atoms with Crippen molar-refractivity contribution in [3.8, 4) is 5.75 Å². The minimum Gasteiger partial charge on any atom is -0.505 e. The van der Waals surface area contributed by atoms with E-state index in [-0.39, 0.29) is 17.4 Å². The number of hydrogen-bond acceptors (Lipinski definition) is 3. The molecule has 1 N–H and O–H groups in total. The van der Waals surface area contributed by atoms with E-state index in [0.717, 1.165) is 25.9 Å². The highest BCUT2D eigenvalue weighted by Crippen LogP contribution is 2.17. The van der Waals surface area contributed by atoms with Gasteiger partial charge in [-0.05, 0) is 25.0 Å². The van der Waals surface area contributed by atoms with E-state index >= 15 is 0 Å². The molecule has 0 saturated carbocycles. The summed E-state index contributed by atoms with van der Waals surface area (Å²) in [5.41, 5.74) is 0.174. The van der Waals surface area contributed by atoms with Crippen molar-refractivity contribution in [2.24, 2.45) is 0 Å². The Morgan fingerprint density at radius 3 is 2.47 bits per heavy atom. The Hall–Kier alpha value is -1.58. The Bertz CT molecular complexity index is 385. The minimum absolute atomic E-state index is 0.0282. The molecule has 0 aliphatic carbocycles. The molecule has 1 aliphatic rings. The molecule has 1 saturated heterocycles. The number of pyridine rings is 1. The molecule has 17 heavy (non-hydrogen) atoms. The average Bonchev–Trinajstić information content (AvgIpc) is 2.28. The number of nitrogens with zero attached hydrogens (tertiary/aromatic N) is 2. The molecule has 1 aromatic heterocycles. The summed E-state index contributed by atoms with van der Waals surface area (Å²) in [6.45, 7) is 1.55. The maximum absolute atomic E-state index is 12.2. The quantitative estimate of drug-likeness (QED) is 0.810. The molecule has 1 amide bonds. The predicted molar refractivity (Wildman–Crippen MR) is 64.9 cm³/mol. The van der Waals surface area contributed by atoms with Crippen molar-refractivity contribution in [3.63, 3.8) is 0 Å². The molecule has 0 spiro atoms. The van der Waals surface area contributed by atoms with Crippen LogP contribution in [0.3, 0.4) is 0 Å². The third kappa shape index (κ3) is 2.96. The first-order valence-corrected chi connectivity index (χ1v) is 6.22. The lowest BCUT2D eigenvalue weighted by molar-refractivity contribution is 0.0733. The Labute approximate surface area is 101 Å². The summed E-state index contributed by atoms with van der Waals surface area (Å²) in [5, 5.41) is 9.63. The van der Waals surface area contributed by atoms with Gasteiger partial charge < -0.3 is 10.0 Å². The van der Waals surface area contributed by atoms with E-state index < -0.39 is 0 Å². The zero-order chi connectivity index (χ0) is 12.1. The van der Waals surface area contributed by atoms with Crippen LogP contribution in [0.2, 0.25) is 0 Å². The van der Waals surface area contributed by atoms with Crippen LogP contribution in [0.25, 0.3) is 0 Å². The number of aromatic hydroxyl groups is 1. The van der Waals surface area contributed by atoms with Crippen LogP contribution < -0.4 is 0 Å². The number of carbonyl (C=O) groups excluding carboxylic acids is 1. The normalized spacial score (nSPS) is 17.3. The fourth-order valence-corrected chi connectivity index (χ4v) is 2.16. The lowest BCUT2D eigenvalue weighted by atomic mass is 10.1. The first-order chi connectivity index (χ1) is 8.29. The number of rotatable bonds is 1. The van der Waals surface area contributed by atoms with E-state index in [1.807, 2.05) is 0 Å². The summed E-state index contributed by atoms with van der Waals surface area (Å²) >= 11 is 0. The molecule has 0 radical (unpaired) electrons. The summed E-state index contributed by atoms with van der Waals surface area (Å²) in [4.78, 5) is 18.0. The highest BCUT2D eigenvalue weighted by atomic mass is 16.3. The van der Waals surface area contributed by atoms with Crippen molar-refractivity contribution in [1.29, 1.82) is 0 Å². The Morgan fingerprint density at radius 1 is 1.18 bits per heavy atom. The molecule has 4 nitrogen and oxygen atoms in total. The smallest absolute Gasteiger partial charge is 0.276 e. The van der Waals surface area contributed by atoms with Crippen LogP contribution in [-0.4, -0.2) is 34.0 Å². The van der Waals surface area contributed by atoms with E-state index in [9.17, 15) is 9.90 Å². The van der Waals surface area contributed by atoms with Gasteiger partial charge in [-0.2, -0.15) is 0 Å². The second-order valence-electron chi connectivity index (χ2n) is 4.43. The highest BCUT2D eigenvalue weighted by Gasteiger charge is 2.20. The lowest BCUT2D eigenvalue weighted by Gasteiger charge is -2.24. The van der Waals surface area contributed by atoms with Gasteiger partial charge >= 0.3 is 0 Å². The average molecular weight is 234 g/mol. The molecule has 0 atom stereocenters. The van der Waals surface area contributed by atoms with Gasteiger partial charge in [-0.15, -0.1) is 0 Å². The Morgan fingerprint density at radius 2 is 1.82 bits per heavy atom. The number of amides is 1. The van der Waals surface area contributed by atoms with Gasteiger partial charge in [-0.1, -0.05) is 19.3 Å². The molecule has 0 bridgehead atoms. The van der Waals surface area contributed by atoms with Crippen LogP contribution in [0.5, 0.6) is 5.75 Å². The Kier molecular flexibility index (Phi) is 3.96. The molecule has 2 heterocycles. The topological polar surface area (TPSA) is 53.4 Å². The van der Waals surface area contributed by atoms with Crippen LogP contribution in [0.15, 0.2) is 18.3 Å². The van der Waals surface area contributed by atoms with Gasteiger partial charge in [-0.3, -0.25) is 4.79 Å². The van der Waals surface area contributed by atoms with Gasteiger partial charge in [-0.25, -0.2) is 4.98 Å². The maximum atomic E-state index is 12.2. The maximum Gasteiger partial charge on any atom is 0.276 e. The summed E-state index contributed by atoms with van der Waals surface area (Å²) in [7, 11) is 0. The number of likely N-dealkylation sites (tertiary alicyclic amines) is 1. The van der Waals surface area contributed by atoms with E-state index in [4.69, 9.17) is 0 Å². The molecule has 1 fully saturated rings. The van der Waals surface area contributed by atoms with Crippen LogP contribution in [0, 0.1) is 0 Å². The van der Waals surface area contributed by atoms with E-state index in [1.54, 1.807) is 11.0 Å². The van der Waals surface area contributed by atoms with E-state index in [1.165, 1.54) is 31.5 Å². The second kappa shape index (κ2) is 5.66. The third-order valence-corrected chi connectivity index (χ3v) is 3.13. The summed E-state index contributed by atoms with van der Waals surface area (Å²) in [6.07, 6.45) is 7.24. The zero-order valence-corrected chi connectivity index (χ0v) is 9.93. The second-order valence-corrected chi connectivity index (χ2v) is 4.43. The van der Waals surface area contributed by atoms with Crippen molar-refractivity contribution in [3.05, 3.63) is 24.0 Å². The van der Waals surface area contributed by atoms with Gasteiger partial charge in [0.25, 0.3) is 5.91 Å². The van der Waals surface area contributed by atoms with Crippen LogP contribution in [-0.2, 0) is 0 Å². The van der Waals surface area contributed by atoms with Gasteiger partial charge in [0.05, 0.1) is 0 Å². The van der Waals surface area contributed by atoms with Crippen molar-refractivity contribution in [2.45, 2.75) is 32.1 Å². The first-order valence-electron chi connectivity index (χ1n) is 6.22. The van der Waals surface area contributed by atoms with Gasteiger partial charge in [0.15, 0.2) is 5.69 Å². The van der Waals surface area contributed by atoms with Gasteiger partial charge in [0.1, 0.15) is 5.75 Å². The molecular weight excluding hydrogens is 216 g/mol. The van der Waals surface area contributed by atoms with Crippen molar-refractivity contribution < 1.29 is 9.90 Å². The molecule has 1 aliphatic heterocycles. The predicted octanol–water partition coefficient (Wildman–Crippen LogP) is 2.19. The number of aromatic nitrogens is 1. The van der Waals surface area contributed by atoms with Gasteiger partial charge in [0.2, 0.25) is 0 Å².